The average Bonchev–Trinajstić information content (AvgIpc) is 2.39. The molecule has 0 amide bonds. The van der Waals surface area contributed by atoms with Crippen molar-refractivity contribution in [1.29, 1.82) is 0 Å². The molecule has 0 spiro atoms. The molecule has 3 N–H and O–H groups in total. The van der Waals surface area contributed by atoms with E-state index >= 15 is 0 Å². The number of rotatable bonds is 1. The van der Waals surface area contributed by atoms with E-state index in [1.54, 1.807) is 0 Å². The number of nitrogen functional groups attached to an aromatic ring is 1. The van der Waals surface area contributed by atoms with Crippen LogP contribution >= 0.6 is 0 Å². The van der Waals surface area contributed by atoms with Gasteiger partial charge < -0.3 is 11.1 Å². The summed E-state index contributed by atoms with van der Waals surface area (Å²) in [5.74, 6) is 0. The molecule has 3 nitrogen and oxygen atoms in total. The molecule has 2 aromatic rings. The quantitative estimate of drug-likeness (QED) is 0.780. The molecule has 0 bridgehead atoms. The highest BCUT2D eigenvalue weighted by Crippen LogP contribution is 2.26. The van der Waals surface area contributed by atoms with Crippen LogP contribution in [0.5, 0.6) is 0 Å². The third-order valence-electron chi connectivity index (χ3n) is 3.13. The van der Waals surface area contributed by atoms with Crippen LogP contribution in [0, 0.1) is 0 Å². The number of nitrogens with one attached hydrogen (secondary N) is 1. The molecule has 0 fully saturated rings. The Balaban J connectivity index is 2.12. The number of hydrogen-bond acceptors (Lipinski definition) is 3. The van der Waals surface area contributed by atoms with Crippen LogP contribution in [0.15, 0.2) is 36.4 Å². The van der Waals surface area contributed by atoms with E-state index in [2.05, 4.69) is 11.4 Å². The minimum Gasteiger partial charge on any atom is -0.397 e. The fourth-order valence-corrected chi connectivity index (χ4v) is 2.24. The number of benzene rings is 1. The molecule has 86 valence electrons. The number of nitrogens with two attached hydrogens (primary N) is 1. The lowest BCUT2D eigenvalue weighted by molar-refractivity contribution is 0.628. The van der Waals surface area contributed by atoms with E-state index in [0.717, 1.165) is 42.1 Å². The second-order valence-corrected chi connectivity index (χ2v) is 4.32. The monoisotopic (exact) mass is 225 g/mol. The van der Waals surface area contributed by atoms with Crippen molar-refractivity contribution in [3.05, 3.63) is 47.7 Å². The second-order valence-electron chi connectivity index (χ2n) is 4.32. The largest absolute Gasteiger partial charge is 0.397 e. The Morgan fingerprint density at radius 1 is 1.18 bits per heavy atom. The van der Waals surface area contributed by atoms with Gasteiger partial charge in [0.05, 0.1) is 17.1 Å². The molecular weight excluding hydrogens is 210 g/mol. The van der Waals surface area contributed by atoms with Crippen molar-refractivity contribution < 1.29 is 0 Å². The maximum atomic E-state index is 6.09. The molecule has 0 unspecified atom stereocenters. The third-order valence-corrected chi connectivity index (χ3v) is 3.13. The van der Waals surface area contributed by atoms with Crippen molar-refractivity contribution in [2.45, 2.75) is 13.0 Å². The molecule has 2 heterocycles. The maximum Gasteiger partial charge on any atom is 0.0935 e. The van der Waals surface area contributed by atoms with Gasteiger partial charge in [0.25, 0.3) is 0 Å². The summed E-state index contributed by atoms with van der Waals surface area (Å²) in [5.41, 5.74) is 11.3. The summed E-state index contributed by atoms with van der Waals surface area (Å²) in [6.07, 6.45) is 1.02. The average molecular weight is 225 g/mol. The van der Waals surface area contributed by atoms with Gasteiger partial charge in [-0.3, -0.25) is 0 Å². The van der Waals surface area contributed by atoms with Crippen LogP contribution in [0.2, 0.25) is 0 Å². The molecule has 1 aliphatic rings. The number of anilines is 1. The standard InChI is InChI=1S/C14H15N3/c15-12-8-11-6-7-16-9-13(11)17-14(12)10-4-2-1-3-5-10/h1-5,8,16H,6-7,9,15H2. The Bertz CT molecular complexity index is 535. The Morgan fingerprint density at radius 3 is 2.82 bits per heavy atom. The summed E-state index contributed by atoms with van der Waals surface area (Å²) >= 11 is 0. The molecule has 17 heavy (non-hydrogen) atoms. The normalized spacial score (nSPS) is 14.4. The van der Waals surface area contributed by atoms with Crippen molar-refractivity contribution in [1.82, 2.24) is 10.3 Å². The van der Waals surface area contributed by atoms with Gasteiger partial charge in [-0.25, -0.2) is 4.98 Å². The zero-order chi connectivity index (χ0) is 11.7. The number of pyridine rings is 1. The summed E-state index contributed by atoms with van der Waals surface area (Å²) in [6, 6.07) is 12.2. The molecular formula is C14H15N3. The van der Waals surface area contributed by atoms with Gasteiger partial charge in [-0.15, -0.1) is 0 Å². The molecule has 0 saturated heterocycles. The van der Waals surface area contributed by atoms with E-state index in [1.807, 2.05) is 30.3 Å². The number of fused-ring (bicyclic) bond motifs is 1. The molecule has 0 saturated carbocycles. The predicted molar refractivity (Wildman–Crippen MR) is 69.5 cm³/mol. The van der Waals surface area contributed by atoms with Gasteiger partial charge in [-0.2, -0.15) is 0 Å². The van der Waals surface area contributed by atoms with E-state index in [4.69, 9.17) is 10.7 Å². The number of nitrogens with zero attached hydrogens (tertiary/aromatic N) is 1. The van der Waals surface area contributed by atoms with Crippen LogP contribution in [0.25, 0.3) is 11.3 Å². The van der Waals surface area contributed by atoms with Crippen LogP contribution in [0.1, 0.15) is 11.3 Å². The number of aromatic nitrogens is 1. The summed E-state index contributed by atoms with van der Waals surface area (Å²) in [7, 11) is 0. The first-order valence-electron chi connectivity index (χ1n) is 5.89. The summed E-state index contributed by atoms with van der Waals surface area (Å²) < 4.78 is 0. The first-order valence-corrected chi connectivity index (χ1v) is 5.89. The smallest absolute Gasteiger partial charge is 0.0935 e. The van der Waals surface area contributed by atoms with E-state index in [-0.39, 0.29) is 0 Å². The summed E-state index contributed by atoms with van der Waals surface area (Å²) in [4.78, 5) is 4.70. The van der Waals surface area contributed by atoms with Gasteiger partial charge in [0.2, 0.25) is 0 Å². The zero-order valence-electron chi connectivity index (χ0n) is 9.61. The topological polar surface area (TPSA) is 50.9 Å². The molecule has 1 aromatic carbocycles. The maximum absolute atomic E-state index is 6.09. The van der Waals surface area contributed by atoms with Gasteiger partial charge in [0.15, 0.2) is 0 Å². The van der Waals surface area contributed by atoms with Crippen LogP contribution in [0.4, 0.5) is 5.69 Å². The van der Waals surface area contributed by atoms with Crippen molar-refractivity contribution in [3.63, 3.8) is 0 Å². The van der Waals surface area contributed by atoms with Gasteiger partial charge in [0.1, 0.15) is 0 Å². The molecule has 0 atom stereocenters. The molecule has 3 rings (SSSR count). The van der Waals surface area contributed by atoms with Gasteiger partial charge >= 0.3 is 0 Å². The highest BCUT2D eigenvalue weighted by Gasteiger charge is 2.14. The molecule has 1 aromatic heterocycles. The van der Waals surface area contributed by atoms with Crippen LogP contribution < -0.4 is 11.1 Å². The van der Waals surface area contributed by atoms with Gasteiger partial charge in [-0.05, 0) is 24.6 Å². The predicted octanol–water partition coefficient (Wildman–Crippen LogP) is 1.98. The Kier molecular flexibility index (Phi) is 2.53. The summed E-state index contributed by atoms with van der Waals surface area (Å²) in [5, 5.41) is 3.34. The number of hydrogen-bond donors (Lipinski definition) is 2. The fraction of sp³-hybridized carbons (Fsp3) is 0.214. The summed E-state index contributed by atoms with van der Waals surface area (Å²) in [6.45, 7) is 1.86. The van der Waals surface area contributed by atoms with Crippen molar-refractivity contribution >= 4 is 5.69 Å². The van der Waals surface area contributed by atoms with Crippen LogP contribution in [0.3, 0.4) is 0 Å². The Hall–Kier alpha value is -1.87. The van der Waals surface area contributed by atoms with E-state index < -0.39 is 0 Å². The second kappa shape index (κ2) is 4.18. The highest BCUT2D eigenvalue weighted by molar-refractivity contribution is 5.73. The minimum atomic E-state index is 0.775. The lowest BCUT2D eigenvalue weighted by Gasteiger charge is -2.18. The van der Waals surface area contributed by atoms with Gasteiger partial charge in [-0.1, -0.05) is 30.3 Å². The first-order chi connectivity index (χ1) is 8.34. The lowest BCUT2D eigenvalue weighted by atomic mass is 10.0. The van der Waals surface area contributed by atoms with Crippen molar-refractivity contribution in [2.24, 2.45) is 0 Å². The van der Waals surface area contributed by atoms with Crippen LogP contribution in [-0.2, 0) is 13.0 Å². The van der Waals surface area contributed by atoms with E-state index in [1.165, 1.54) is 5.56 Å². The minimum absolute atomic E-state index is 0.775. The van der Waals surface area contributed by atoms with Crippen LogP contribution in [-0.4, -0.2) is 11.5 Å². The zero-order valence-corrected chi connectivity index (χ0v) is 9.61. The first kappa shape index (κ1) is 10.3. The van der Waals surface area contributed by atoms with E-state index in [0.29, 0.717) is 0 Å². The Labute approximate surface area is 101 Å². The van der Waals surface area contributed by atoms with Crippen molar-refractivity contribution in [2.75, 3.05) is 12.3 Å². The lowest BCUT2D eigenvalue weighted by Crippen LogP contribution is -2.25. The molecule has 3 heteroatoms. The Morgan fingerprint density at radius 2 is 2.00 bits per heavy atom. The van der Waals surface area contributed by atoms with E-state index in [9.17, 15) is 0 Å². The molecule has 1 aliphatic heterocycles. The SMILES string of the molecule is Nc1cc2c(nc1-c1ccccc1)CNCC2. The van der Waals surface area contributed by atoms with Gasteiger partial charge in [0, 0.05) is 12.1 Å². The molecule has 0 radical (unpaired) electrons. The highest BCUT2D eigenvalue weighted by atomic mass is 14.9. The fourth-order valence-electron chi connectivity index (χ4n) is 2.24. The van der Waals surface area contributed by atoms with Crippen molar-refractivity contribution in [3.8, 4) is 11.3 Å². The molecule has 0 aliphatic carbocycles. The third kappa shape index (κ3) is 1.89.